The van der Waals surface area contributed by atoms with Crippen molar-refractivity contribution in [2.75, 3.05) is 5.73 Å². The maximum absolute atomic E-state index is 9.00. The molecule has 2 rings (SSSR count). The van der Waals surface area contributed by atoms with Crippen LogP contribution in [0.25, 0.3) is 11.1 Å². The van der Waals surface area contributed by atoms with Gasteiger partial charge in [0.05, 0.1) is 11.6 Å². The van der Waals surface area contributed by atoms with Crippen molar-refractivity contribution in [1.82, 2.24) is 0 Å². The lowest BCUT2D eigenvalue weighted by Crippen LogP contribution is -1.89. The highest BCUT2D eigenvalue weighted by Gasteiger charge is 2.03. The van der Waals surface area contributed by atoms with Gasteiger partial charge in [-0.1, -0.05) is 36.4 Å². The zero-order valence-corrected chi connectivity index (χ0v) is 8.14. The Morgan fingerprint density at radius 2 is 1.73 bits per heavy atom. The van der Waals surface area contributed by atoms with E-state index in [2.05, 4.69) is 6.07 Å². The van der Waals surface area contributed by atoms with E-state index in [-0.39, 0.29) is 0 Å². The molecule has 0 amide bonds. The molecule has 0 aliphatic heterocycles. The van der Waals surface area contributed by atoms with E-state index in [0.717, 1.165) is 11.1 Å². The molecule has 0 aromatic heterocycles. The zero-order chi connectivity index (χ0) is 10.7. The van der Waals surface area contributed by atoms with Gasteiger partial charge in [0, 0.05) is 5.69 Å². The van der Waals surface area contributed by atoms with Crippen LogP contribution in [-0.4, -0.2) is 0 Å². The molecule has 2 aromatic carbocycles. The Morgan fingerprint density at radius 1 is 1.00 bits per heavy atom. The lowest BCUT2D eigenvalue weighted by molar-refractivity contribution is 1.48. The van der Waals surface area contributed by atoms with Gasteiger partial charge in [0.1, 0.15) is 0 Å². The van der Waals surface area contributed by atoms with Crippen LogP contribution >= 0.6 is 0 Å². The molecule has 2 nitrogen and oxygen atoms in total. The Kier molecular flexibility index (Phi) is 2.38. The first-order valence-corrected chi connectivity index (χ1v) is 4.66. The van der Waals surface area contributed by atoms with Crippen molar-refractivity contribution < 1.29 is 0 Å². The minimum absolute atomic E-state index is 0.612. The fourth-order valence-electron chi connectivity index (χ4n) is 1.52. The first-order chi connectivity index (χ1) is 7.31. The van der Waals surface area contributed by atoms with Crippen LogP contribution in [0.2, 0.25) is 0 Å². The average molecular weight is 194 g/mol. The third-order valence-electron chi connectivity index (χ3n) is 2.25. The minimum atomic E-state index is 0.612. The summed E-state index contributed by atoms with van der Waals surface area (Å²) in [7, 11) is 0. The highest BCUT2D eigenvalue weighted by Crippen LogP contribution is 2.24. The molecular weight excluding hydrogens is 184 g/mol. The monoisotopic (exact) mass is 194 g/mol. The van der Waals surface area contributed by atoms with Gasteiger partial charge in [0.2, 0.25) is 0 Å². The summed E-state index contributed by atoms with van der Waals surface area (Å²) in [6.07, 6.45) is 0. The number of benzene rings is 2. The summed E-state index contributed by atoms with van der Waals surface area (Å²) >= 11 is 0. The predicted octanol–water partition coefficient (Wildman–Crippen LogP) is 2.81. The van der Waals surface area contributed by atoms with Gasteiger partial charge < -0.3 is 5.73 Å². The highest BCUT2D eigenvalue weighted by molar-refractivity contribution is 5.72. The summed E-state index contributed by atoms with van der Waals surface area (Å²) in [6, 6.07) is 17.3. The molecule has 0 spiro atoms. The Hall–Kier alpha value is -2.27. The molecule has 2 N–H and O–H groups in total. The lowest BCUT2D eigenvalue weighted by atomic mass is 10.00. The van der Waals surface area contributed by atoms with E-state index in [1.165, 1.54) is 0 Å². The highest BCUT2D eigenvalue weighted by atomic mass is 14.5. The molecule has 0 saturated heterocycles. The molecule has 0 radical (unpaired) electrons. The van der Waals surface area contributed by atoms with Gasteiger partial charge in [-0.15, -0.1) is 0 Å². The maximum atomic E-state index is 9.00. The number of anilines is 1. The Morgan fingerprint density at radius 3 is 2.40 bits per heavy atom. The largest absolute Gasteiger partial charge is 0.399 e. The van der Waals surface area contributed by atoms with E-state index in [9.17, 15) is 0 Å². The summed E-state index contributed by atoms with van der Waals surface area (Å²) in [5.41, 5.74) is 8.82. The summed E-state index contributed by atoms with van der Waals surface area (Å²) in [5, 5.41) is 9.00. The Labute approximate surface area is 88.6 Å². The van der Waals surface area contributed by atoms with Gasteiger partial charge in [-0.25, -0.2) is 0 Å². The van der Waals surface area contributed by atoms with Gasteiger partial charge in [-0.3, -0.25) is 0 Å². The summed E-state index contributed by atoms with van der Waals surface area (Å²) in [4.78, 5) is 0. The quantitative estimate of drug-likeness (QED) is 0.709. The van der Waals surface area contributed by atoms with Crippen LogP contribution in [0.3, 0.4) is 0 Å². The molecule has 0 saturated carbocycles. The van der Waals surface area contributed by atoms with Crippen LogP contribution in [0.15, 0.2) is 48.5 Å². The smallest absolute Gasteiger partial charge is 0.0998 e. The van der Waals surface area contributed by atoms with E-state index < -0.39 is 0 Å². The first-order valence-electron chi connectivity index (χ1n) is 4.66. The minimum Gasteiger partial charge on any atom is -0.399 e. The molecule has 0 heterocycles. The van der Waals surface area contributed by atoms with Gasteiger partial charge in [0.15, 0.2) is 0 Å². The van der Waals surface area contributed by atoms with Gasteiger partial charge in [-0.05, 0) is 23.3 Å². The molecule has 0 bridgehead atoms. The molecule has 0 unspecified atom stereocenters. The van der Waals surface area contributed by atoms with Crippen LogP contribution < -0.4 is 5.73 Å². The van der Waals surface area contributed by atoms with Crippen molar-refractivity contribution in [3.8, 4) is 17.2 Å². The third kappa shape index (κ3) is 1.82. The molecular formula is C13H10N2. The molecule has 0 aliphatic rings. The summed E-state index contributed by atoms with van der Waals surface area (Å²) in [6.45, 7) is 0. The van der Waals surface area contributed by atoms with Crippen molar-refractivity contribution in [2.45, 2.75) is 0 Å². The second-order valence-corrected chi connectivity index (χ2v) is 3.28. The number of nitrogens with two attached hydrogens (primary N) is 1. The number of nitriles is 1. The molecule has 2 heteroatoms. The van der Waals surface area contributed by atoms with Crippen LogP contribution in [0.5, 0.6) is 0 Å². The average Bonchev–Trinajstić information content (AvgIpc) is 2.30. The van der Waals surface area contributed by atoms with Gasteiger partial charge >= 0.3 is 0 Å². The van der Waals surface area contributed by atoms with E-state index in [1.54, 1.807) is 6.07 Å². The molecule has 72 valence electrons. The van der Waals surface area contributed by atoms with Gasteiger partial charge in [-0.2, -0.15) is 5.26 Å². The number of nitrogen functional groups attached to an aromatic ring is 1. The predicted molar refractivity (Wildman–Crippen MR) is 61.0 cm³/mol. The third-order valence-corrected chi connectivity index (χ3v) is 2.25. The van der Waals surface area contributed by atoms with E-state index in [4.69, 9.17) is 11.0 Å². The number of rotatable bonds is 1. The van der Waals surface area contributed by atoms with Crippen molar-refractivity contribution in [2.24, 2.45) is 0 Å². The SMILES string of the molecule is N#Cc1cc(N)ccc1-c1ccccc1. The Bertz CT molecular complexity index is 510. The van der Waals surface area contributed by atoms with Crippen molar-refractivity contribution in [3.63, 3.8) is 0 Å². The second kappa shape index (κ2) is 3.85. The lowest BCUT2D eigenvalue weighted by Gasteiger charge is -2.04. The van der Waals surface area contributed by atoms with Crippen LogP contribution in [0.4, 0.5) is 5.69 Å². The van der Waals surface area contributed by atoms with E-state index in [0.29, 0.717) is 11.3 Å². The van der Waals surface area contributed by atoms with E-state index in [1.807, 2.05) is 42.5 Å². The maximum Gasteiger partial charge on any atom is 0.0998 e. The fraction of sp³-hybridized carbons (Fsp3) is 0. The summed E-state index contributed by atoms with van der Waals surface area (Å²) < 4.78 is 0. The van der Waals surface area contributed by atoms with Gasteiger partial charge in [0.25, 0.3) is 0 Å². The fourth-order valence-corrected chi connectivity index (χ4v) is 1.52. The van der Waals surface area contributed by atoms with Crippen LogP contribution in [0, 0.1) is 11.3 Å². The normalized spacial score (nSPS) is 9.53. The second-order valence-electron chi connectivity index (χ2n) is 3.28. The standard InChI is InChI=1S/C13H10N2/c14-9-11-8-12(15)6-7-13(11)10-4-2-1-3-5-10/h1-8H,15H2. The Balaban J connectivity index is 2.60. The van der Waals surface area contributed by atoms with Crippen molar-refractivity contribution in [1.29, 1.82) is 5.26 Å². The first kappa shape index (κ1) is 9.29. The zero-order valence-electron chi connectivity index (χ0n) is 8.14. The number of nitrogens with zero attached hydrogens (tertiary/aromatic N) is 1. The topological polar surface area (TPSA) is 49.8 Å². The summed E-state index contributed by atoms with van der Waals surface area (Å²) in [5.74, 6) is 0. The molecule has 2 aromatic rings. The van der Waals surface area contributed by atoms with E-state index >= 15 is 0 Å². The molecule has 15 heavy (non-hydrogen) atoms. The number of hydrogen-bond acceptors (Lipinski definition) is 2. The molecule has 0 aliphatic carbocycles. The van der Waals surface area contributed by atoms with Crippen molar-refractivity contribution >= 4 is 5.69 Å². The van der Waals surface area contributed by atoms with Crippen molar-refractivity contribution in [3.05, 3.63) is 54.1 Å². The number of hydrogen-bond donors (Lipinski definition) is 1. The van der Waals surface area contributed by atoms with Crippen LogP contribution in [-0.2, 0) is 0 Å². The molecule has 0 atom stereocenters. The van der Waals surface area contributed by atoms with Crippen LogP contribution in [0.1, 0.15) is 5.56 Å². The molecule has 0 fully saturated rings.